The lowest BCUT2D eigenvalue weighted by Crippen LogP contribution is -2.27. The molecule has 0 atom stereocenters. The van der Waals surface area contributed by atoms with E-state index in [0.717, 1.165) is 0 Å². The zero-order valence-electron chi connectivity index (χ0n) is 10.3. The summed E-state index contributed by atoms with van der Waals surface area (Å²) in [7, 11) is 0.136. The van der Waals surface area contributed by atoms with Crippen LogP contribution < -0.4 is 4.57 Å². The summed E-state index contributed by atoms with van der Waals surface area (Å²) < 4.78 is 14.6. The van der Waals surface area contributed by atoms with Gasteiger partial charge >= 0.3 is 0 Å². The van der Waals surface area contributed by atoms with Gasteiger partial charge in [0.15, 0.2) is 6.29 Å². The summed E-state index contributed by atoms with van der Waals surface area (Å²) >= 11 is 0. The molecule has 2 rings (SSSR count). The Kier molecular flexibility index (Phi) is 3.39. The van der Waals surface area contributed by atoms with Crippen molar-refractivity contribution in [2.75, 3.05) is 0 Å². The minimum atomic E-state index is 0.136. The molecule has 88 valence electrons. The van der Waals surface area contributed by atoms with Gasteiger partial charge in [0.05, 0.1) is 0 Å². The number of aryl methyl sites for hydroxylation is 3. The average Bonchev–Trinajstić information content (AvgIpc) is 2.65. The fourth-order valence-corrected chi connectivity index (χ4v) is 2.56. The zero-order chi connectivity index (χ0) is 12.4. The zero-order valence-corrected chi connectivity index (χ0v) is 11.2. The van der Waals surface area contributed by atoms with Gasteiger partial charge in [-0.1, -0.05) is 17.7 Å². The van der Waals surface area contributed by atoms with Crippen molar-refractivity contribution in [2.45, 2.75) is 27.1 Å². The Balaban J connectivity index is 2.48. The molecule has 1 heterocycles. The van der Waals surface area contributed by atoms with Crippen molar-refractivity contribution in [2.24, 2.45) is 0 Å². The first-order valence-electron chi connectivity index (χ1n) is 5.56. The van der Waals surface area contributed by atoms with E-state index >= 15 is 0 Å². The third kappa shape index (κ3) is 2.45. The van der Waals surface area contributed by atoms with Crippen molar-refractivity contribution in [1.82, 2.24) is 4.57 Å². The molecule has 2 aromatic rings. The van der Waals surface area contributed by atoms with Crippen molar-refractivity contribution >= 4 is 8.46 Å². The number of aromatic nitrogens is 2. The largest absolute Gasteiger partial charge is 0.271 e. The lowest BCUT2D eigenvalue weighted by molar-refractivity contribution is -0.676. The van der Waals surface area contributed by atoms with Crippen LogP contribution in [0.2, 0.25) is 0 Å². The molecular weight excluding hydrogens is 231 g/mol. The summed E-state index contributed by atoms with van der Waals surface area (Å²) in [6.45, 7) is 6.34. The predicted octanol–water partition coefficient (Wildman–Crippen LogP) is 2.94. The number of nitrogens with zero attached hydrogens (tertiary/aromatic N) is 2. The molecule has 0 N–H and O–H groups in total. The second-order valence-corrected chi connectivity index (χ2v) is 4.89. The number of hydrogen-bond donors (Lipinski definition) is 0. The number of benzene rings is 1. The molecule has 4 heteroatoms. The molecular formula is C13H16N2OP+. The summed E-state index contributed by atoms with van der Waals surface area (Å²) in [4.78, 5) is 0. The number of rotatable bonds is 3. The van der Waals surface area contributed by atoms with Gasteiger partial charge in [-0.2, -0.15) is 0 Å². The van der Waals surface area contributed by atoms with Crippen LogP contribution in [0, 0.1) is 20.8 Å². The number of hydrogen-bond acceptors (Lipinski definition) is 1. The van der Waals surface area contributed by atoms with Crippen molar-refractivity contribution in [3.05, 3.63) is 47.5 Å². The smallest absolute Gasteiger partial charge is 0.249 e. The van der Waals surface area contributed by atoms with Crippen molar-refractivity contribution < 1.29 is 9.13 Å². The summed E-state index contributed by atoms with van der Waals surface area (Å²) in [5.74, 6) is 0. The maximum Gasteiger partial charge on any atom is 0.249 e. The Morgan fingerprint density at radius 3 is 2.47 bits per heavy atom. The lowest BCUT2D eigenvalue weighted by Gasteiger charge is -2.06. The second-order valence-electron chi connectivity index (χ2n) is 4.35. The monoisotopic (exact) mass is 247 g/mol. The Hall–Kier alpha value is -1.47. The van der Waals surface area contributed by atoms with Gasteiger partial charge in [0.1, 0.15) is 18.1 Å². The van der Waals surface area contributed by atoms with Crippen LogP contribution in [0.25, 0.3) is 5.69 Å². The van der Waals surface area contributed by atoms with E-state index in [1.807, 2.05) is 23.3 Å². The van der Waals surface area contributed by atoms with Crippen LogP contribution in [-0.2, 0) is 10.9 Å². The number of imidazole rings is 1. The maximum absolute atomic E-state index is 10.6. The van der Waals surface area contributed by atoms with Gasteiger partial charge in [-0.25, -0.2) is 9.13 Å². The van der Waals surface area contributed by atoms with E-state index in [9.17, 15) is 4.57 Å². The summed E-state index contributed by atoms with van der Waals surface area (Å²) in [5.41, 5.74) is 4.99. The molecule has 0 unspecified atom stereocenters. The molecule has 1 aromatic heterocycles. The van der Waals surface area contributed by atoms with Crippen LogP contribution in [0.15, 0.2) is 30.9 Å². The molecule has 0 saturated carbocycles. The van der Waals surface area contributed by atoms with Crippen LogP contribution in [0.4, 0.5) is 0 Å². The molecule has 0 bridgehead atoms. The van der Waals surface area contributed by atoms with Crippen LogP contribution in [0.5, 0.6) is 0 Å². The molecule has 0 fully saturated rings. The summed E-state index contributed by atoms with van der Waals surface area (Å²) in [6, 6.07) is 4.36. The van der Waals surface area contributed by atoms with Gasteiger partial charge in [-0.15, -0.1) is 0 Å². The molecule has 0 aliphatic rings. The van der Waals surface area contributed by atoms with E-state index in [-0.39, 0.29) is 8.46 Å². The minimum Gasteiger partial charge on any atom is -0.271 e. The van der Waals surface area contributed by atoms with E-state index in [2.05, 4.69) is 37.5 Å². The molecule has 0 amide bonds. The second kappa shape index (κ2) is 4.80. The molecule has 0 aliphatic carbocycles. The van der Waals surface area contributed by atoms with Crippen LogP contribution >= 0.6 is 8.46 Å². The van der Waals surface area contributed by atoms with Gasteiger partial charge < -0.3 is 0 Å². The molecule has 0 aliphatic heterocycles. The van der Waals surface area contributed by atoms with Crippen LogP contribution in [-0.4, -0.2) is 4.57 Å². The van der Waals surface area contributed by atoms with E-state index in [4.69, 9.17) is 0 Å². The highest BCUT2D eigenvalue weighted by Crippen LogP contribution is 2.20. The highest BCUT2D eigenvalue weighted by atomic mass is 31.1. The van der Waals surface area contributed by atoms with Crippen LogP contribution in [0.3, 0.4) is 0 Å². The van der Waals surface area contributed by atoms with E-state index in [0.29, 0.717) is 6.29 Å². The maximum atomic E-state index is 10.6. The normalized spacial score (nSPS) is 11.0. The highest BCUT2D eigenvalue weighted by molar-refractivity contribution is 7.22. The Labute approximate surface area is 103 Å². The molecule has 17 heavy (non-hydrogen) atoms. The first kappa shape index (κ1) is 12.0. The first-order valence-corrected chi connectivity index (χ1v) is 6.56. The highest BCUT2D eigenvalue weighted by Gasteiger charge is 2.12. The molecule has 0 saturated heterocycles. The van der Waals surface area contributed by atoms with Crippen molar-refractivity contribution in [3.63, 3.8) is 0 Å². The molecule has 1 aromatic carbocycles. The lowest BCUT2D eigenvalue weighted by atomic mass is 10.1. The van der Waals surface area contributed by atoms with Gasteiger partial charge in [0.25, 0.3) is 0 Å². The molecule has 3 nitrogen and oxygen atoms in total. The Morgan fingerprint density at radius 2 is 1.88 bits per heavy atom. The molecule has 0 radical (unpaired) electrons. The van der Waals surface area contributed by atoms with E-state index in [1.54, 1.807) is 0 Å². The third-order valence-corrected chi connectivity index (χ3v) is 3.25. The van der Waals surface area contributed by atoms with Crippen molar-refractivity contribution in [3.8, 4) is 5.69 Å². The fourth-order valence-electron chi connectivity index (χ4n) is 2.26. The quantitative estimate of drug-likeness (QED) is 0.605. The van der Waals surface area contributed by atoms with Gasteiger partial charge in [-0.05, 0) is 31.9 Å². The van der Waals surface area contributed by atoms with Gasteiger partial charge in [-0.3, -0.25) is 4.57 Å². The average molecular weight is 247 g/mol. The minimum absolute atomic E-state index is 0.136. The summed E-state index contributed by atoms with van der Waals surface area (Å²) in [5, 5.41) is 0. The third-order valence-electron chi connectivity index (χ3n) is 2.81. The first-order chi connectivity index (χ1) is 8.11. The van der Waals surface area contributed by atoms with E-state index < -0.39 is 0 Å². The summed E-state index contributed by atoms with van der Waals surface area (Å²) in [6.07, 6.45) is 6.39. The molecule has 0 spiro atoms. The van der Waals surface area contributed by atoms with Crippen LogP contribution in [0.1, 0.15) is 16.7 Å². The Morgan fingerprint density at radius 1 is 1.24 bits per heavy atom. The van der Waals surface area contributed by atoms with Gasteiger partial charge in [0, 0.05) is 0 Å². The topological polar surface area (TPSA) is 25.9 Å². The Bertz CT molecular complexity index is 537. The SMILES string of the molecule is Cc1cc(C)c(-n2cc[n+](CP=O)c2)c(C)c1. The van der Waals surface area contributed by atoms with E-state index in [1.165, 1.54) is 22.4 Å². The standard InChI is InChI=1S/C13H16N2OP/c1-10-6-11(2)13(12(3)7-10)15-5-4-14(8-15)9-17-16/h4-8H,9H2,1-3H3/q+1. The van der Waals surface area contributed by atoms with Gasteiger partial charge in [0.2, 0.25) is 14.8 Å². The predicted molar refractivity (Wildman–Crippen MR) is 67.8 cm³/mol. The fraction of sp³-hybridized carbons (Fsp3) is 0.308. The van der Waals surface area contributed by atoms with Crippen molar-refractivity contribution in [1.29, 1.82) is 0 Å².